The van der Waals surface area contributed by atoms with Gasteiger partial charge in [0.05, 0.1) is 12.2 Å². The minimum Gasteiger partial charge on any atom is -0.287 e. The van der Waals surface area contributed by atoms with E-state index in [1.54, 1.807) is 0 Å². The number of benzene rings is 1. The Labute approximate surface area is 75.6 Å². The predicted molar refractivity (Wildman–Crippen MR) is 49.8 cm³/mol. The van der Waals surface area contributed by atoms with Gasteiger partial charge in [-0.25, -0.2) is 4.99 Å². The molecule has 3 rings (SSSR count). The van der Waals surface area contributed by atoms with Crippen molar-refractivity contribution in [1.29, 1.82) is 0 Å². The van der Waals surface area contributed by atoms with E-state index in [1.807, 2.05) is 17.0 Å². The lowest BCUT2D eigenvalue weighted by Crippen LogP contribution is -2.28. The first kappa shape index (κ1) is 6.77. The second-order valence-electron chi connectivity index (χ2n) is 3.06. The minimum atomic E-state index is 0.607. The van der Waals surface area contributed by atoms with Crippen LogP contribution in [-0.2, 0) is 6.54 Å². The number of hydrogen-bond acceptors (Lipinski definition) is 4. The molecule has 1 aromatic rings. The molecule has 2 aliphatic rings. The number of rotatable bonds is 0. The molecule has 2 aliphatic heterocycles. The van der Waals surface area contributed by atoms with Crippen molar-refractivity contribution in [3.8, 4) is 0 Å². The molecule has 4 heteroatoms. The van der Waals surface area contributed by atoms with Gasteiger partial charge in [0, 0.05) is 0 Å². The Morgan fingerprint density at radius 2 is 2.15 bits per heavy atom. The lowest BCUT2D eigenvalue weighted by Gasteiger charge is -2.22. The second-order valence-corrected chi connectivity index (χ2v) is 3.06. The van der Waals surface area contributed by atoms with Crippen LogP contribution in [0.1, 0.15) is 5.56 Å². The number of guanidine groups is 1. The Hall–Kier alpha value is -1.71. The van der Waals surface area contributed by atoms with Gasteiger partial charge in [0.1, 0.15) is 6.67 Å². The van der Waals surface area contributed by atoms with Gasteiger partial charge in [-0.3, -0.25) is 4.90 Å². The molecule has 4 nitrogen and oxygen atoms in total. The summed E-state index contributed by atoms with van der Waals surface area (Å²) < 4.78 is 0. The van der Waals surface area contributed by atoms with Crippen molar-refractivity contribution < 1.29 is 0 Å². The van der Waals surface area contributed by atoms with Crippen molar-refractivity contribution in [2.45, 2.75) is 6.54 Å². The van der Waals surface area contributed by atoms with Crippen molar-refractivity contribution in [2.75, 3.05) is 11.6 Å². The summed E-state index contributed by atoms with van der Waals surface area (Å²) >= 11 is 0. The van der Waals surface area contributed by atoms with Gasteiger partial charge >= 0.3 is 0 Å². The third-order valence-corrected chi connectivity index (χ3v) is 2.28. The summed E-state index contributed by atoms with van der Waals surface area (Å²) in [5.74, 6) is 0.749. The first-order valence-corrected chi connectivity index (χ1v) is 4.22. The van der Waals surface area contributed by atoms with E-state index in [-0.39, 0.29) is 0 Å². The summed E-state index contributed by atoms with van der Waals surface area (Å²) in [4.78, 5) is 6.34. The molecule has 0 unspecified atom stereocenters. The number of azo groups is 1. The van der Waals surface area contributed by atoms with E-state index in [0.717, 1.165) is 12.5 Å². The molecule has 0 radical (unpaired) electrons. The summed E-state index contributed by atoms with van der Waals surface area (Å²) in [6, 6.07) is 8.23. The molecule has 0 bridgehead atoms. The van der Waals surface area contributed by atoms with Gasteiger partial charge in [-0.15, -0.1) is 5.11 Å². The molecule has 0 fully saturated rings. The SMILES string of the molecule is c1ccc2c(c1)CN=C1N=NCN12. The molecule has 0 atom stereocenters. The van der Waals surface area contributed by atoms with E-state index in [2.05, 4.69) is 27.4 Å². The lowest BCUT2D eigenvalue weighted by molar-refractivity contribution is 0.961. The zero-order valence-corrected chi connectivity index (χ0v) is 7.01. The maximum absolute atomic E-state index is 4.31. The van der Waals surface area contributed by atoms with E-state index < -0.39 is 0 Å². The van der Waals surface area contributed by atoms with E-state index in [4.69, 9.17) is 0 Å². The van der Waals surface area contributed by atoms with Gasteiger partial charge in [0.25, 0.3) is 0 Å². The van der Waals surface area contributed by atoms with Gasteiger partial charge < -0.3 is 0 Å². The Balaban J connectivity index is 2.14. The fraction of sp³-hybridized carbons (Fsp3) is 0.222. The van der Waals surface area contributed by atoms with E-state index >= 15 is 0 Å². The molecule has 2 heterocycles. The summed E-state index contributed by atoms with van der Waals surface area (Å²) in [6.45, 7) is 1.33. The van der Waals surface area contributed by atoms with Crippen molar-refractivity contribution in [3.63, 3.8) is 0 Å². The number of para-hydroxylation sites is 1. The smallest absolute Gasteiger partial charge is 0.246 e. The fourth-order valence-corrected chi connectivity index (χ4v) is 1.64. The molecule has 0 saturated carbocycles. The highest BCUT2D eigenvalue weighted by Gasteiger charge is 2.23. The molecule has 1 aromatic carbocycles. The molecule has 0 N–H and O–H groups in total. The summed E-state index contributed by atoms with van der Waals surface area (Å²) in [5, 5.41) is 7.90. The molecular weight excluding hydrogens is 164 g/mol. The second kappa shape index (κ2) is 2.39. The first-order chi connectivity index (χ1) is 6.45. The maximum Gasteiger partial charge on any atom is 0.246 e. The van der Waals surface area contributed by atoms with Crippen LogP contribution in [0, 0.1) is 0 Å². The van der Waals surface area contributed by atoms with Gasteiger partial charge in [-0.2, -0.15) is 5.11 Å². The van der Waals surface area contributed by atoms with Crippen LogP contribution >= 0.6 is 0 Å². The third-order valence-electron chi connectivity index (χ3n) is 2.28. The normalized spacial score (nSPS) is 18.2. The van der Waals surface area contributed by atoms with Crippen molar-refractivity contribution in [3.05, 3.63) is 29.8 Å². The largest absolute Gasteiger partial charge is 0.287 e. The van der Waals surface area contributed by atoms with Crippen LogP contribution in [0.2, 0.25) is 0 Å². The predicted octanol–water partition coefficient (Wildman–Crippen LogP) is 1.79. The van der Waals surface area contributed by atoms with Crippen molar-refractivity contribution in [1.82, 2.24) is 0 Å². The molecular formula is C9H8N4. The van der Waals surface area contributed by atoms with Crippen LogP contribution < -0.4 is 4.90 Å². The van der Waals surface area contributed by atoms with Crippen LogP contribution in [-0.4, -0.2) is 12.6 Å². The van der Waals surface area contributed by atoms with E-state index in [9.17, 15) is 0 Å². The highest BCUT2D eigenvalue weighted by atomic mass is 15.5. The average Bonchev–Trinajstić information content (AvgIpc) is 2.65. The Kier molecular flexibility index (Phi) is 1.24. The summed E-state index contributed by atoms with van der Waals surface area (Å²) in [7, 11) is 0. The average molecular weight is 172 g/mol. The molecule has 0 amide bonds. The molecule has 0 aromatic heterocycles. The van der Waals surface area contributed by atoms with Gasteiger partial charge in [0.15, 0.2) is 0 Å². The number of fused-ring (bicyclic) bond motifs is 3. The third kappa shape index (κ3) is 0.884. The maximum atomic E-state index is 4.31. The highest BCUT2D eigenvalue weighted by molar-refractivity contribution is 5.99. The molecule has 13 heavy (non-hydrogen) atoms. The Bertz CT molecular complexity index is 408. The standard InChI is InChI=1S/C9H8N4/c1-2-4-8-7(3-1)5-10-9-12-11-6-13(8)9/h1-4H,5-6H2. The molecule has 0 saturated heterocycles. The molecule has 0 aliphatic carbocycles. The van der Waals surface area contributed by atoms with Crippen LogP contribution in [0.25, 0.3) is 0 Å². The minimum absolute atomic E-state index is 0.607. The summed E-state index contributed by atoms with van der Waals surface area (Å²) in [5.41, 5.74) is 2.44. The Morgan fingerprint density at radius 1 is 1.23 bits per heavy atom. The number of hydrogen-bond donors (Lipinski definition) is 0. The van der Waals surface area contributed by atoms with E-state index in [1.165, 1.54) is 11.3 Å². The quantitative estimate of drug-likeness (QED) is 0.588. The van der Waals surface area contributed by atoms with Crippen LogP contribution in [0.5, 0.6) is 0 Å². The van der Waals surface area contributed by atoms with Crippen LogP contribution in [0.3, 0.4) is 0 Å². The number of nitrogens with zero attached hydrogens (tertiary/aromatic N) is 4. The first-order valence-electron chi connectivity index (χ1n) is 4.22. The van der Waals surface area contributed by atoms with Gasteiger partial charge in [-0.1, -0.05) is 18.2 Å². The fourth-order valence-electron chi connectivity index (χ4n) is 1.64. The number of aliphatic imine (C=N–C) groups is 1. The van der Waals surface area contributed by atoms with Crippen molar-refractivity contribution in [2.24, 2.45) is 15.2 Å². The molecule has 0 spiro atoms. The Morgan fingerprint density at radius 3 is 3.15 bits per heavy atom. The van der Waals surface area contributed by atoms with Gasteiger partial charge in [0.2, 0.25) is 5.96 Å². The summed E-state index contributed by atoms with van der Waals surface area (Å²) in [6.07, 6.45) is 0. The van der Waals surface area contributed by atoms with Crippen LogP contribution in [0.4, 0.5) is 5.69 Å². The van der Waals surface area contributed by atoms with Crippen LogP contribution in [0.15, 0.2) is 39.5 Å². The van der Waals surface area contributed by atoms with Crippen molar-refractivity contribution >= 4 is 11.6 Å². The monoisotopic (exact) mass is 172 g/mol. The number of anilines is 1. The molecule has 64 valence electrons. The lowest BCUT2D eigenvalue weighted by atomic mass is 10.1. The zero-order chi connectivity index (χ0) is 8.67. The highest BCUT2D eigenvalue weighted by Crippen LogP contribution is 2.27. The zero-order valence-electron chi connectivity index (χ0n) is 7.01. The van der Waals surface area contributed by atoms with Gasteiger partial charge in [-0.05, 0) is 11.6 Å². The van der Waals surface area contributed by atoms with E-state index in [0.29, 0.717) is 6.67 Å². The topological polar surface area (TPSA) is 40.3 Å².